The second kappa shape index (κ2) is 5.54. The average molecular weight is 261 g/mol. The number of benzene rings is 1. The largest absolute Gasteiger partial charge is 0.496 e. The molecule has 0 aliphatic heterocycles. The standard InChI is InChI=1S/C17H27NO/c1-16(2)9-6-10-17(18,12-11-16)13-14-7-4-5-8-15(14)19-3/h4-5,7-8H,6,9-13,18H2,1-3H3. The average Bonchev–Trinajstić information content (AvgIpc) is 2.50. The van der Waals surface area contributed by atoms with Gasteiger partial charge in [-0.1, -0.05) is 38.5 Å². The van der Waals surface area contributed by atoms with E-state index >= 15 is 0 Å². The number of hydrogen-bond acceptors (Lipinski definition) is 2. The maximum atomic E-state index is 6.68. The minimum absolute atomic E-state index is 0.0671. The smallest absolute Gasteiger partial charge is 0.122 e. The van der Waals surface area contributed by atoms with E-state index in [4.69, 9.17) is 10.5 Å². The Balaban J connectivity index is 2.12. The molecule has 1 atom stereocenters. The Bertz CT molecular complexity index is 427. The molecule has 2 N–H and O–H groups in total. The Labute approximate surface area is 117 Å². The molecular weight excluding hydrogens is 234 g/mol. The number of rotatable bonds is 3. The number of nitrogens with two attached hydrogens (primary N) is 1. The topological polar surface area (TPSA) is 35.2 Å². The molecule has 0 saturated heterocycles. The SMILES string of the molecule is COc1ccccc1CC1(N)CCCC(C)(C)CC1. The number of hydrogen-bond donors (Lipinski definition) is 1. The first-order valence-electron chi connectivity index (χ1n) is 7.35. The van der Waals surface area contributed by atoms with Gasteiger partial charge in [-0.2, -0.15) is 0 Å². The zero-order valence-corrected chi connectivity index (χ0v) is 12.5. The third kappa shape index (κ3) is 3.73. The number of para-hydroxylation sites is 1. The molecule has 1 aliphatic carbocycles. The first-order chi connectivity index (χ1) is 8.94. The van der Waals surface area contributed by atoms with Crippen LogP contribution < -0.4 is 10.5 Å². The van der Waals surface area contributed by atoms with E-state index in [1.54, 1.807) is 7.11 Å². The highest BCUT2D eigenvalue weighted by Gasteiger charge is 2.33. The first-order valence-corrected chi connectivity index (χ1v) is 7.35. The van der Waals surface area contributed by atoms with E-state index in [2.05, 4.69) is 26.0 Å². The summed E-state index contributed by atoms with van der Waals surface area (Å²) in [5, 5.41) is 0. The lowest BCUT2D eigenvalue weighted by atomic mass is 9.81. The summed E-state index contributed by atoms with van der Waals surface area (Å²) in [5.74, 6) is 0.968. The van der Waals surface area contributed by atoms with Crippen molar-refractivity contribution >= 4 is 0 Å². The minimum atomic E-state index is -0.0671. The van der Waals surface area contributed by atoms with Gasteiger partial charge >= 0.3 is 0 Å². The van der Waals surface area contributed by atoms with Crippen LogP contribution in [-0.4, -0.2) is 12.6 Å². The molecule has 0 bridgehead atoms. The predicted molar refractivity (Wildman–Crippen MR) is 80.5 cm³/mol. The van der Waals surface area contributed by atoms with Gasteiger partial charge in [0.05, 0.1) is 7.11 Å². The van der Waals surface area contributed by atoms with Crippen LogP contribution in [0.2, 0.25) is 0 Å². The van der Waals surface area contributed by atoms with Crippen molar-refractivity contribution in [2.75, 3.05) is 7.11 Å². The normalized spacial score (nSPS) is 26.7. The Morgan fingerprint density at radius 2 is 1.84 bits per heavy atom. The van der Waals surface area contributed by atoms with Gasteiger partial charge in [-0.25, -0.2) is 0 Å². The van der Waals surface area contributed by atoms with Gasteiger partial charge < -0.3 is 10.5 Å². The molecule has 1 fully saturated rings. The van der Waals surface area contributed by atoms with Crippen molar-refractivity contribution in [2.45, 2.75) is 57.9 Å². The van der Waals surface area contributed by atoms with E-state index in [9.17, 15) is 0 Å². The summed E-state index contributed by atoms with van der Waals surface area (Å²) in [7, 11) is 1.73. The Kier molecular flexibility index (Phi) is 4.19. The van der Waals surface area contributed by atoms with Crippen LogP contribution in [0.5, 0.6) is 5.75 Å². The van der Waals surface area contributed by atoms with Crippen molar-refractivity contribution in [3.8, 4) is 5.75 Å². The van der Waals surface area contributed by atoms with E-state index in [-0.39, 0.29) is 5.54 Å². The zero-order valence-electron chi connectivity index (χ0n) is 12.5. The van der Waals surface area contributed by atoms with Crippen LogP contribution in [-0.2, 0) is 6.42 Å². The Morgan fingerprint density at radius 3 is 2.58 bits per heavy atom. The molecule has 1 saturated carbocycles. The van der Waals surface area contributed by atoms with Crippen LogP contribution in [0, 0.1) is 5.41 Å². The fourth-order valence-corrected chi connectivity index (χ4v) is 3.16. The zero-order chi connectivity index (χ0) is 13.9. The van der Waals surface area contributed by atoms with Gasteiger partial charge in [-0.3, -0.25) is 0 Å². The van der Waals surface area contributed by atoms with Gasteiger partial charge in [0.15, 0.2) is 0 Å². The monoisotopic (exact) mass is 261 g/mol. The predicted octanol–water partition coefficient (Wildman–Crippen LogP) is 3.93. The first kappa shape index (κ1) is 14.4. The molecular formula is C17H27NO. The molecule has 0 radical (unpaired) electrons. The highest BCUT2D eigenvalue weighted by Crippen LogP contribution is 2.39. The summed E-state index contributed by atoms with van der Waals surface area (Å²) in [4.78, 5) is 0. The summed E-state index contributed by atoms with van der Waals surface area (Å²) in [5.41, 5.74) is 8.30. The second-order valence-corrected chi connectivity index (χ2v) is 6.87. The third-order valence-corrected chi connectivity index (χ3v) is 4.56. The lowest BCUT2D eigenvalue weighted by molar-refractivity contribution is 0.296. The number of methoxy groups -OCH3 is 1. The van der Waals surface area contributed by atoms with Crippen LogP contribution in [0.3, 0.4) is 0 Å². The summed E-state index contributed by atoms with van der Waals surface area (Å²) in [6.45, 7) is 4.73. The van der Waals surface area contributed by atoms with E-state index in [1.165, 1.54) is 24.8 Å². The Hall–Kier alpha value is -1.02. The summed E-state index contributed by atoms with van der Waals surface area (Å²) in [6.07, 6.45) is 6.90. The highest BCUT2D eigenvalue weighted by molar-refractivity contribution is 5.34. The molecule has 0 heterocycles. The maximum Gasteiger partial charge on any atom is 0.122 e. The van der Waals surface area contributed by atoms with Crippen LogP contribution in [0.4, 0.5) is 0 Å². The summed E-state index contributed by atoms with van der Waals surface area (Å²) >= 11 is 0. The van der Waals surface area contributed by atoms with Crippen molar-refractivity contribution in [1.29, 1.82) is 0 Å². The van der Waals surface area contributed by atoms with Gasteiger partial charge in [0.1, 0.15) is 5.75 Å². The Morgan fingerprint density at radius 1 is 1.11 bits per heavy atom. The van der Waals surface area contributed by atoms with Gasteiger partial charge in [0.2, 0.25) is 0 Å². The molecule has 106 valence electrons. The molecule has 2 nitrogen and oxygen atoms in total. The van der Waals surface area contributed by atoms with Crippen molar-refractivity contribution < 1.29 is 4.74 Å². The van der Waals surface area contributed by atoms with Crippen LogP contribution in [0.25, 0.3) is 0 Å². The molecule has 1 aliphatic rings. The molecule has 2 heteroatoms. The van der Waals surface area contributed by atoms with Gasteiger partial charge in [-0.15, -0.1) is 0 Å². The number of ether oxygens (including phenoxy) is 1. The molecule has 0 amide bonds. The molecule has 2 rings (SSSR count). The van der Waals surface area contributed by atoms with E-state index < -0.39 is 0 Å². The summed E-state index contributed by atoms with van der Waals surface area (Å²) < 4.78 is 5.45. The molecule has 1 aromatic rings. The summed E-state index contributed by atoms with van der Waals surface area (Å²) in [6, 6.07) is 8.26. The maximum absolute atomic E-state index is 6.68. The molecule has 0 spiro atoms. The van der Waals surface area contributed by atoms with Gasteiger partial charge in [0, 0.05) is 5.54 Å². The van der Waals surface area contributed by atoms with Crippen molar-refractivity contribution in [3.63, 3.8) is 0 Å². The van der Waals surface area contributed by atoms with E-state index in [1.807, 2.05) is 12.1 Å². The van der Waals surface area contributed by atoms with Crippen LogP contribution in [0.15, 0.2) is 24.3 Å². The lowest BCUT2D eigenvalue weighted by Gasteiger charge is -2.30. The quantitative estimate of drug-likeness (QED) is 0.837. The molecule has 1 unspecified atom stereocenters. The van der Waals surface area contributed by atoms with E-state index in [0.717, 1.165) is 25.0 Å². The minimum Gasteiger partial charge on any atom is -0.496 e. The fraction of sp³-hybridized carbons (Fsp3) is 0.647. The third-order valence-electron chi connectivity index (χ3n) is 4.56. The van der Waals surface area contributed by atoms with Crippen molar-refractivity contribution in [1.82, 2.24) is 0 Å². The van der Waals surface area contributed by atoms with Crippen molar-refractivity contribution in [2.24, 2.45) is 11.1 Å². The fourth-order valence-electron chi connectivity index (χ4n) is 3.16. The molecule has 19 heavy (non-hydrogen) atoms. The van der Waals surface area contributed by atoms with Crippen LogP contribution in [0.1, 0.15) is 51.5 Å². The van der Waals surface area contributed by atoms with Gasteiger partial charge in [0.25, 0.3) is 0 Å². The second-order valence-electron chi connectivity index (χ2n) is 6.87. The van der Waals surface area contributed by atoms with Gasteiger partial charge in [-0.05, 0) is 49.1 Å². The lowest BCUT2D eigenvalue weighted by Crippen LogP contribution is -2.41. The van der Waals surface area contributed by atoms with Crippen molar-refractivity contribution in [3.05, 3.63) is 29.8 Å². The molecule has 0 aromatic heterocycles. The van der Waals surface area contributed by atoms with Crippen LogP contribution >= 0.6 is 0 Å². The molecule has 1 aromatic carbocycles. The van der Waals surface area contributed by atoms with E-state index in [0.29, 0.717) is 5.41 Å². The highest BCUT2D eigenvalue weighted by atomic mass is 16.5.